The fourth-order valence-electron chi connectivity index (χ4n) is 8.41. The zero-order valence-electron chi connectivity index (χ0n) is 33.4. The molecule has 2 aliphatic heterocycles. The number of amides is 1. The number of nitrogens with zero attached hydrogens (tertiary/aromatic N) is 1. The third kappa shape index (κ3) is 7.02. The minimum absolute atomic E-state index is 0.0212. The van der Waals surface area contributed by atoms with E-state index < -0.39 is 17.7 Å². The van der Waals surface area contributed by atoms with Crippen molar-refractivity contribution in [2.75, 3.05) is 64.7 Å². The highest BCUT2D eigenvalue weighted by atomic mass is 16.6. The van der Waals surface area contributed by atoms with E-state index in [1.54, 1.807) is 14.0 Å². The Balaban J connectivity index is 1.12. The van der Waals surface area contributed by atoms with Gasteiger partial charge >= 0.3 is 12.1 Å². The molecule has 1 fully saturated rings. The summed E-state index contributed by atoms with van der Waals surface area (Å²) in [6.07, 6.45) is 3.80. The molecule has 5 aromatic carbocycles. The van der Waals surface area contributed by atoms with Gasteiger partial charge in [0.15, 0.2) is 5.60 Å². The van der Waals surface area contributed by atoms with Crippen LogP contribution in [0.5, 0.6) is 17.2 Å². The number of hydrogen-bond donors (Lipinski definition) is 1. The van der Waals surface area contributed by atoms with Crippen LogP contribution in [-0.4, -0.2) is 71.8 Å². The fourth-order valence-corrected chi connectivity index (χ4v) is 8.41. The number of morpholine rings is 1. The van der Waals surface area contributed by atoms with E-state index in [0.29, 0.717) is 24.5 Å². The molecule has 1 amide bonds. The number of ether oxygens (including phenoxy) is 6. The molecule has 10 heteroatoms. The Morgan fingerprint density at radius 1 is 0.862 bits per heavy atom. The van der Waals surface area contributed by atoms with Gasteiger partial charge in [-0.2, -0.15) is 0 Å². The lowest BCUT2D eigenvalue weighted by Crippen LogP contribution is -2.36. The Labute approximate surface area is 339 Å². The van der Waals surface area contributed by atoms with Crippen LogP contribution in [0.25, 0.3) is 28.0 Å². The topological polar surface area (TPSA) is 105 Å². The van der Waals surface area contributed by atoms with E-state index in [9.17, 15) is 9.59 Å². The third-order valence-electron chi connectivity index (χ3n) is 11.2. The second kappa shape index (κ2) is 15.9. The number of rotatable bonds is 12. The van der Waals surface area contributed by atoms with E-state index in [-0.39, 0.29) is 31.8 Å². The molecular weight excluding hydrogens is 733 g/mol. The van der Waals surface area contributed by atoms with Gasteiger partial charge in [0.2, 0.25) is 0 Å². The minimum atomic E-state index is -0.973. The summed E-state index contributed by atoms with van der Waals surface area (Å²) in [6.45, 7) is 12.9. The van der Waals surface area contributed by atoms with E-state index >= 15 is 0 Å². The lowest BCUT2D eigenvalue weighted by atomic mass is 9.76. The smallest absolute Gasteiger partial charge is 0.407 e. The van der Waals surface area contributed by atoms with Crippen LogP contribution in [0.2, 0.25) is 0 Å². The van der Waals surface area contributed by atoms with E-state index in [0.717, 1.165) is 57.7 Å². The number of alkyl carbamates (subject to hydrolysis) is 1. The molecule has 1 atom stereocenters. The van der Waals surface area contributed by atoms with Crippen molar-refractivity contribution in [1.29, 1.82) is 0 Å². The van der Waals surface area contributed by atoms with Gasteiger partial charge in [-0.1, -0.05) is 93.2 Å². The second-order valence-electron chi connectivity index (χ2n) is 15.2. The van der Waals surface area contributed by atoms with Crippen molar-refractivity contribution < 1.29 is 38.0 Å². The van der Waals surface area contributed by atoms with Crippen molar-refractivity contribution in [3.05, 3.63) is 137 Å². The summed E-state index contributed by atoms with van der Waals surface area (Å²) in [4.78, 5) is 25.9. The van der Waals surface area contributed by atoms with Crippen molar-refractivity contribution in [2.45, 2.75) is 31.8 Å². The van der Waals surface area contributed by atoms with Gasteiger partial charge in [-0.05, 0) is 64.9 Å². The maximum Gasteiger partial charge on any atom is 0.407 e. The van der Waals surface area contributed by atoms with Crippen molar-refractivity contribution in [3.63, 3.8) is 0 Å². The summed E-state index contributed by atoms with van der Waals surface area (Å²) in [7, 11) is 1.73. The summed E-state index contributed by atoms with van der Waals surface area (Å²) >= 11 is 0. The third-order valence-corrected chi connectivity index (χ3v) is 11.2. The molecule has 0 saturated carbocycles. The largest absolute Gasteiger partial charge is 0.495 e. The summed E-state index contributed by atoms with van der Waals surface area (Å²) in [5.41, 5.74) is 8.06. The predicted octanol–water partition coefficient (Wildman–Crippen LogP) is 8.57. The molecule has 0 bridgehead atoms. The van der Waals surface area contributed by atoms with Gasteiger partial charge in [0.25, 0.3) is 0 Å². The number of anilines is 1. The minimum Gasteiger partial charge on any atom is -0.495 e. The highest BCUT2D eigenvalue weighted by Gasteiger charge is 2.44. The molecule has 298 valence electrons. The maximum absolute atomic E-state index is 12.1. The molecule has 1 aliphatic carbocycles. The molecule has 0 spiro atoms. The average molecular weight is 781 g/mol. The van der Waals surface area contributed by atoms with Crippen LogP contribution in [0.1, 0.15) is 48.6 Å². The molecule has 5 aromatic rings. The zero-order chi connectivity index (χ0) is 40.4. The van der Waals surface area contributed by atoms with E-state index in [4.69, 9.17) is 28.4 Å². The van der Waals surface area contributed by atoms with Gasteiger partial charge < -0.3 is 38.6 Å². The van der Waals surface area contributed by atoms with Crippen molar-refractivity contribution >= 4 is 34.6 Å². The SMILES string of the molecule is C=C(C)C(=O)OCCNC(=O)OCCOc1ccc(C2(c3ccccc3)C=Cc3c4c(c5cc(N6CCOCC6)c(OC)cc5c3O2)-c2ccccc2C4(C)C)cc1. The first-order chi connectivity index (χ1) is 28.1. The summed E-state index contributed by atoms with van der Waals surface area (Å²) in [5.74, 6) is 1.70. The van der Waals surface area contributed by atoms with E-state index in [1.807, 2.05) is 42.5 Å². The number of carbonyl (C=O) groups excluding carboxylic acids is 2. The number of methoxy groups -OCH3 is 1. The summed E-state index contributed by atoms with van der Waals surface area (Å²) in [6, 6.07) is 31.3. The molecule has 3 aliphatic rings. The van der Waals surface area contributed by atoms with Crippen LogP contribution in [0, 0.1) is 0 Å². The standard InChI is InChI=1S/C48H48N2O8/c1-31(2)45(51)56-24-21-49-46(52)57-28-27-55-34-17-15-33(16-18-34)48(32-11-7-6-8-12-32)20-19-36-43-42(35-13-9-10-14-39(35)47(43,3)4)37-29-40(50-22-25-54-26-23-50)41(53-5)30-38(37)44(36)58-48/h6-20,29-30H,1,21-28H2,2-5H3,(H,49,52). The van der Waals surface area contributed by atoms with E-state index in [1.165, 1.54) is 22.3 Å². The average Bonchev–Trinajstić information content (AvgIpc) is 3.50. The van der Waals surface area contributed by atoms with Crippen LogP contribution in [0.3, 0.4) is 0 Å². The number of esters is 1. The monoisotopic (exact) mass is 780 g/mol. The van der Waals surface area contributed by atoms with Crippen LogP contribution in [0.4, 0.5) is 10.5 Å². The Morgan fingerprint density at radius 2 is 1.59 bits per heavy atom. The van der Waals surface area contributed by atoms with Gasteiger partial charge in [0, 0.05) is 46.2 Å². The fraction of sp³-hybridized carbons (Fsp3) is 0.292. The molecule has 58 heavy (non-hydrogen) atoms. The number of nitrogens with one attached hydrogen (secondary N) is 1. The molecule has 1 saturated heterocycles. The first kappa shape index (κ1) is 38.6. The number of benzene rings is 5. The molecule has 1 N–H and O–H groups in total. The highest BCUT2D eigenvalue weighted by Crippen LogP contribution is 2.59. The summed E-state index contributed by atoms with van der Waals surface area (Å²) in [5, 5.41) is 4.65. The van der Waals surface area contributed by atoms with Gasteiger partial charge in [0.05, 0.1) is 32.6 Å². The Kier molecular flexibility index (Phi) is 10.6. The first-order valence-electron chi connectivity index (χ1n) is 19.7. The van der Waals surface area contributed by atoms with Gasteiger partial charge in [-0.15, -0.1) is 0 Å². The van der Waals surface area contributed by atoms with Crippen LogP contribution in [0.15, 0.2) is 109 Å². The predicted molar refractivity (Wildman–Crippen MR) is 225 cm³/mol. The lowest BCUT2D eigenvalue weighted by molar-refractivity contribution is -0.138. The number of fused-ring (bicyclic) bond motifs is 8. The zero-order valence-corrected chi connectivity index (χ0v) is 33.4. The molecule has 8 rings (SSSR count). The lowest BCUT2D eigenvalue weighted by Gasteiger charge is -2.38. The Bertz CT molecular complexity index is 2400. The number of hydrogen-bond acceptors (Lipinski definition) is 9. The van der Waals surface area contributed by atoms with Crippen molar-refractivity contribution in [3.8, 4) is 28.4 Å². The van der Waals surface area contributed by atoms with Crippen LogP contribution in [-0.2, 0) is 30.0 Å². The summed E-state index contributed by atoms with van der Waals surface area (Å²) < 4.78 is 35.5. The molecule has 10 nitrogen and oxygen atoms in total. The van der Waals surface area contributed by atoms with Crippen molar-refractivity contribution in [1.82, 2.24) is 5.32 Å². The molecule has 0 aromatic heterocycles. The molecule has 0 radical (unpaired) electrons. The molecule has 2 heterocycles. The van der Waals surface area contributed by atoms with Crippen LogP contribution < -0.4 is 24.4 Å². The van der Waals surface area contributed by atoms with E-state index in [2.05, 4.69) is 91.3 Å². The quantitative estimate of drug-likeness (QED) is 0.0758. The Morgan fingerprint density at radius 3 is 2.33 bits per heavy atom. The van der Waals surface area contributed by atoms with Crippen LogP contribution >= 0.6 is 0 Å². The Hall–Kier alpha value is -6.26. The van der Waals surface area contributed by atoms with Gasteiger partial charge in [-0.3, -0.25) is 0 Å². The van der Waals surface area contributed by atoms with Crippen molar-refractivity contribution in [2.24, 2.45) is 0 Å². The van der Waals surface area contributed by atoms with Gasteiger partial charge in [0.1, 0.15) is 37.1 Å². The first-order valence-corrected chi connectivity index (χ1v) is 19.7. The highest BCUT2D eigenvalue weighted by molar-refractivity contribution is 6.10. The van der Waals surface area contributed by atoms with Gasteiger partial charge in [-0.25, -0.2) is 9.59 Å². The maximum atomic E-state index is 12.1. The molecule has 1 unspecified atom stereocenters. The number of carbonyl (C=O) groups is 2. The second-order valence-corrected chi connectivity index (χ2v) is 15.2. The molecular formula is C48H48N2O8. The normalized spacial score (nSPS) is 17.3.